The van der Waals surface area contributed by atoms with Gasteiger partial charge in [-0.15, -0.1) is 0 Å². The number of nitrogens with two attached hydrogens (primary N) is 1. The molecule has 2 amide bonds. The highest BCUT2D eigenvalue weighted by Gasteiger charge is 2.68. The Kier molecular flexibility index (Phi) is 8.35. The number of nitrogens with one attached hydrogen (secondary N) is 2. The minimum absolute atomic E-state index is 0.00742. The number of ether oxygens (including phenoxy) is 1. The van der Waals surface area contributed by atoms with E-state index in [1.54, 1.807) is 6.92 Å². The summed E-state index contributed by atoms with van der Waals surface area (Å²) in [4.78, 5) is 36.2. The second kappa shape index (κ2) is 10.5. The predicted octanol–water partition coefficient (Wildman–Crippen LogP) is 1.57. The van der Waals surface area contributed by atoms with Crippen molar-refractivity contribution in [2.24, 2.45) is 28.9 Å². The smallest absolute Gasteiger partial charge is 0.466 e. The Labute approximate surface area is 203 Å². The lowest BCUT2D eigenvalue weighted by Gasteiger charge is -2.64. The average molecular weight is 479 g/mol. The summed E-state index contributed by atoms with van der Waals surface area (Å²) < 4.78 is 17.8. The Morgan fingerprint density at radius 1 is 1.18 bits per heavy atom. The Bertz CT molecular complexity index is 778. The molecule has 1 aliphatic heterocycles. The number of amides is 2. The molecule has 2 bridgehead atoms. The van der Waals surface area contributed by atoms with E-state index in [4.69, 9.17) is 19.8 Å². The fraction of sp³-hybridized carbons (Fsp3) is 0.875. The van der Waals surface area contributed by atoms with E-state index in [-0.39, 0.29) is 60.9 Å². The standard InChI is InChI=1S/C24H42BN3O6/c1-7-32-21(30)9-8-20(29)27-13-16(26)22(31)28-19(10-14(2)3)25-33-18-12-15-11-17(23(15,4)5)24(18,6)34-25/h14-19H,7-13,26H2,1-6H3,(H,27,29)(H,28,31)/t15-,16-,17-,18+,19-,24-/m0/s1. The Morgan fingerprint density at radius 3 is 2.50 bits per heavy atom. The highest BCUT2D eigenvalue weighted by molar-refractivity contribution is 6.47. The number of rotatable bonds is 11. The molecule has 4 rings (SSSR count). The van der Waals surface area contributed by atoms with E-state index in [9.17, 15) is 14.4 Å². The van der Waals surface area contributed by atoms with Gasteiger partial charge in [0, 0.05) is 13.0 Å². The zero-order chi connectivity index (χ0) is 25.3. The number of carbonyl (C=O) groups is 3. The SMILES string of the molecule is CCOC(=O)CCC(=O)NC[C@H](N)C(=O)N[C@@H](CC(C)C)B1O[C@@H]2C[C@@H]3C[C@@H](C3(C)C)[C@]2(C)O1. The second-order valence-corrected chi connectivity index (χ2v) is 11.3. The van der Waals surface area contributed by atoms with Crippen LogP contribution in [0.15, 0.2) is 0 Å². The molecule has 192 valence electrons. The van der Waals surface area contributed by atoms with Gasteiger partial charge in [0.15, 0.2) is 0 Å². The van der Waals surface area contributed by atoms with E-state index in [2.05, 4.69) is 45.3 Å². The molecular weight excluding hydrogens is 437 g/mol. The van der Waals surface area contributed by atoms with Crippen LogP contribution in [-0.2, 0) is 28.4 Å². The highest BCUT2D eigenvalue weighted by Crippen LogP contribution is 2.65. The van der Waals surface area contributed by atoms with Gasteiger partial charge >= 0.3 is 13.1 Å². The molecule has 34 heavy (non-hydrogen) atoms. The van der Waals surface area contributed by atoms with Gasteiger partial charge in [0.1, 0.15) is 6.04 Å². The zero-order valence-electron chi connectivity index (χ0n) is 21.5. The van der Waals surface area contributed by atoms with E-state index in [1.807, 2.05) is 0 Å². The van der Waals surface area contributed by atoms with Crippen LogP contribution in [0, 0.1) is 23.2 Å². The molecule has 0 aromatic heterocycles. The molecule has 0 aromatic carbocycles. The van der Waals surface area contributed by atoms with Gasteiger partial charge in [-0.25, -0.2) is 0 Å². The second-order valence-electron chi connectivity index (χ2n) is 11.3. The Hall–Kier alpha value is -1.65. The summed E-state index contributed by atoms with van der Waals surface area (Å²) in [5.74, 6) is -0.0712. The number of esters is 1. The van der Waals surface area contributed by atoms with Crippen molar-refractivity contribution in [3.63, 3.8) is 0 Å². The summed E-state index contributed by atoms with van der Waals surface area (Å²) >= 11 is 0. The van der Waals surface area contributed by atoms with Crippen LogP contribution < -0.4 is 16.4 Å². The van der Waals surface area contributed by atoms with Crippen molar-refractivity contribution in [2.45, 2.75) is 97.3 Å². The van der Waals surface area contributed by atoms with Crippen molar-refractivity contribution in [3.05, 3.63) is 0 Å². The summed E-state index contributed by atoms with van der Waals surface area (Å²) in [7, 11) is -0.525. The molecule has 4 N–H and O–H groups in total. The van der Waals surface area contributed by atoms with E-state index in [0.29, 0.717) is 24.2 Å². The van der Waals surface area contributed by atoms with Crippen molar-refractivity contribution in [2.75, 3.05) is 13.2 Å². The van der Waals surface area contributed by atoms with E-state index in [0.717, 1.165) is 12.8 Å². The first-order valence-electron chi connectivity index (χ1n) is 12.7. The fourth-order valence-electron chi connectivity index (χ4n) is 5.96. The van der Waals surface area contributed by atoms with Gasteiger partial charge in [-0.2, -0.15) is 0 Å². The summed E-state index contributed by atoms with van der Waals surface area (Å²) in [5.41, 5.74) is 5.95. The minimum Gasteiger partial charge on any atom is -0.466 e. The topological polar surface area (TPSA) is 129 Å². The predicted molar refractivity (Wildman–Crippen MR) is 128 cm³/mol. The first kappa shape index (κ1) is 27.0. The van der Waals surface area contributed by atoms with Crippen LogP contribution in [-0.4, -0.2) is 61.7 Å². The van der Waals surface area contributed by atoms with Crippen molar-refractivity contribution in [1.29, 1.82) is 0 Å². The van der Waals surface area contributed by atoms with Crippen molar-refractivity contribution in [3.8, 4) is 0 Å². The first-order valence-corrected chi connectivity index (χ1v) is 12.7. The molecule has 6 atom stereocenters. The molecular formula is C24H42BN3O6. The average Bonchev–Trinajstić information content (AvgIpc) is 3.12. The molecule has 4 fully saturated rings. The van der Waals surface area contributed by atoms with Gasteiger partial charge < -0.3 is 30.4 Å². The largest absolute Gasteiger partial charge is 0.481 e. The normalized spacial score (nSPS) is 30.7. The maximum atomic E-state index is 12.9. The highest BCUT2D eigenvalue weighted by atomic mass is 16.7. The van der Waals surface area contributed by atoms with Crippen LogP contribution in [0.25, 0.3) is 0 Å². The lowest BCUT2D eigenvalue weighted by atomic mass is 9.43. The number of hydrogen-bond acceptors (Lipinski definition) is 7. The van der Waals surface area contributed by atoms with E-state index in [1.165, 1.54) is 0 Å². The summed E-state index contributed by atoms with van der Waals surface area (Å²) in [6, 6.07) is -0.924. The third kappa shape index (κ3) is 5.60. The van der Waals surface area contributed by atoms with Gasteiger partial charge in [-0.05, 0) is 56.3 Å². The third-order valence-corrected chi connectivity index (χ3v) is 8.07. The summed E-state index contributed by atoms with van der Waals surface area (Å²) in [6.45, 7) is 12.9. The molecule has 3 saturated carbocycles. The number of carbonyl (C=O) groups excluding carboxylic acids is 3. The molecule has 4 aliphatic rings. The van der Waals surface area contributed by atoms with Gasteiger partial charge in [0.05, 0.1) is 30.7 Å². The minimum atomic E-state index is -0.924. The molecule has 1 heterocycles. The van der Waals surface area contributed by atoms with Crippen LogP contribution in [0.5, 0.6) is 0 Å². The Balaban J connectivity index is 1.53. The molecule has 0 radical (unpaired) electrons. The van der Waals surface area contributed by atoms with Crippen LogP contribution in [0.2, 0.25) is 0 Å². The molecule has 10 heteroatoms. The van der Waals surface area contributed by atoms with E-state index >= 15 is 0 Å². The first-order chi connectivity index (χ1) is 15.9. The maximum Gasteiger partial charge on any atom is 0.481 e. The fourth-order valence-corrected chi connectivity index (χ4v) is 5.96. The van der Waals surface area contributed by atoms with Gasteiger partial charge in [0.2, 0.25) is 11.8 Å². The zero-order valence-corrected chi connectivity index (χ0v) is 21.5. The van der Waals surface area contributed by atoms with Gasteiger partial charge in [0.25, 0.3) is 0 Å². The van der Waals surface area contributed by atoms with Crippen molar-refractivity contribution in [1.82, 2.24) is 10.6 Å². The lowest BCUT2D eigenvalue weighted by Crippen LogP contribution is -2.65. The lowest BCUT2D eigenvalue weighted by molar-refractivity contribution is -0.199. The molecule has 3 aliphatic carbocycles. The summed E-state index contributed by atoms with van der Waals surface area (Å²) in [5, 5.41) is 5.63. The quantitative estimate of drug-likeness (QED) is 0.303. The molecule has 0 spiro atoms. The number of hydrogen-bond donors (Lipinski definition) is 3. The molecule has 9 nitrogen and oxygen atoms in total. The van der Waals surface area contributed by atoms with Crippen molar-refractivity contribution >= 4 is 24.9 Å². The summed E-state index contributed by atoms with van der Waals surface area (Å²) in [6.07, 6.45) is 2.86. The van der Waals surface area contributed by atoms with Crippen LogP contribution in [0.4, 0.5) is 0 Å². The van der Waals surface area contributed by atoms with Crippen LogP contribution in [0.1, 0.15) is 73.6 Å². The van der Waals surface area contributed by atoms with Crippen molar-refractivity contribution < 1.29 is 28.4 Å². The molecule has 0 aromatic rings. The van der Waals surface area contributed by atoms with Gasteiger partial charge in [-0.1, -0.05) is 27.7 Å². The van der Waals surface area contributed by atoms with Crippen LogP contribution >= 0.6 is 0 Å². The molecule has 0 unspecified atom stereocenters. The molecule has 1 saturated heterocycles. The van der Waals surface area contributed by atoms with Gasteiger partial charge in [-0.3, -0.25) is 14.4 Å². The monoisotopic (exact) mass is 479 g/mol. The third-order valence-electron chi connectivity index (χ3n) is 8.07. The van der Waals surface area contributed by atoms with E-state index < -0.39 is 19.1 Å². The Morgan fingerprint density at radius 2 is 1.88 bits per heavy atom. The van der Waals surface area contributed by atoms with Crippen LogP contribution in [0.3, 0.4) is 0 Å². The maximum absolute atomic E-state index is 12.9.